The zero-order chi connectivity index (χ0) is 14.6. The summed E-state index contributed by atoms with van der Waals surface area (Å²) >= 11 is 0. The van der Waals surface area contributed by atoms with Gasteiger partial charge in [-0.05, 0) is 44.5 Å². The fraction of sp³-hybridized carbons (Fsp3) is 0.615. The maximum Gasteiger partial charge on any atom is 0.258 e. The lowest BCUT2D eigenvalue weighted by Crippen LogP contribution is -2.41. The highest BCUT2D eigenvalue weighted by Gasteiger charge is 2.21. The number of nitrogens with one attached hydrogen (secondary N) is 1. The Hall–Kier alpha value is -1.02. The zero-order valence-corrected chi connectivity index (χ0v) is 12.4. The van der Waals surface area contributed by atoms with Gasteiger partial charge in [0.25, 0.3) is 10.0 Å². The van der Waals surface area contributed by atoms with Gasteiger partial charge in [0, 0.05) is 18.8 Å². The summed E-state index contributed by atoms with van der Waals surface area (Å²) in [5, 5.41) is 8.91. The van der Waals surface area contributed by atoms with Crippen molar-refractivity contribution in [3.8, 4) is 0 Å². The monoisotopic (exact) mass is 299 g/mol. The van der Waals surface area contributed by atoms with Crippen molar-refractivity contribution in [2.45, 2.75) is 37.4 Å². The lowest BCUT2D eigenvalue weighted by atomic mass is 10.3. The molecule has 2 rings (SSSR count). The largest absolute Gasteiger partial charge is 0.392 e. The highest BCUT2D eigenvalue weighted by atomic mass is 32.2. The highest BCUT2D eigenvalue weighted by molar-refractivity contribution is 7.89. The number of pyridine rings is 1. The topological polar surface area (TPSA) is 82.5 Å². The summed E-state index contributed by atoms with van der Waals surface area (Å²) in [6.07, 6.45) is 3.74. The molecule has 1 aliphatic heterocycles. The molecule has 2 heterocycles. The molecule has 0 bridgehead atoms. The minimum atomic E-state index is -3.60. The molecule has 0 amide bonds. The van der Waals surface area contributed by atoms with E-state index in [0.29, 0.717) is 12.1 Å². The van der Waals surface area contributed by atoms with Gasteiger partial charge < -0.3 is 10.0 Å². The summed E-state index contributed by atoms with van der Waals surface area (Å²) in [5.74, 6) is 0. The number of aliphatic hydroxyl groups is 1. The Balaban J connectivity index is 1.98. The third-order valence-electron chi connectivity index (χ3n) is 3.34. The quantitative estimate of drug-likeness (QED) is 0.791. The Kier molecular flexibility index (Phi) is 5.09. The minimum absolute atomic E-state index is 0.0111. The maximum absolute atomic E-state index is 12.2. The summed E-state index contributed by atoms with van der Waals surface area (Å²) < 4.78 is 27.0. The third kappa shape index (κ3) is 3.99. The fourth-order valence-electron chi connectivity index (χ4n) is 2.38. The molecule has 1 fully saturated rings. The molecule has 20 heavy (non-hydrogen) atoms. The van der Waals surface area contributed by atoms with Gasteiger partial charge in [-0.2, -0.15) is 0 Å². The molecule has 1 aromatic rings. The fourth-order valence-corrected chi connectivity index (χ4v) is 3.54. The van der Waals surface area contributed by atoms with Gasteiger partial charge in [-0.3, -0.25) is 0 Å². The first kappa shape index (κ1) is 15.4. The molecule has 1 unspecified atom stereocenters. The number of sulfonamides is 1. The molecule has 0 aliphatic carbocycles. The number of hydrogen-bond donors (Lipinski definition) is 2. The van der Waals surface area contributed by atoms with Crippen molar-refractivity contribution >= 4 is 10.0 Å². The molecule has 1 aromatic heterocycles. The van der Waals surface area contributed by atoms with Crippen LogP contribution in [0.5, 0.6) is 0 Å². The van der Waals surface area contributed by atoms with Crippen molar-refractivity contribution < 1.29 is 13.5 Å². The molecule has 1 atom stereocenters. The van der Waals surface area contributed by atoms with Gasteiger partial charge in [0.15, 0.2) is 5.03 Å². The molecular formula is C13H21N3O3S. The van der Waals surface area contributed by atoms with Crippen LogP contribution in [0.15, 0.2) is 23.4 Å². The van der Waals surface area contributed by atoms with E-state index in [1.165, 1.54) is 25.1 Å². The maximum atomic E-state index is 12.2. The van der Waals surface area contributed by atoms with Crippen molar-refractivity contribution in [3.63, 3.8) is 0 Å². The van der Waals surface area contributed by atoms with E-state index in [-0.39, 0.29) is 17.7 Å². The molecule has 1 saturated heterocycles. The minimum Gasteiger partial charge on any atom is -0.392 e. The van der Waals surface area contributed by atoms with Gasteiger partial charge >= 0.3 is 0 Å². The number of nitrogens with zero attached hydrogens (tertiary/aromatic N) is 2. The summed E-state index contributed by atoms with van der Waals surface area (Å²) in [6.45, 7) is 4.50. The summed E-state index contributed by atoms with van der Waals surface area (Å²) in [7, 11) is -3.60. The third-order valence-corrected chi connectivity index (χ3v) is 4.85. The number of aromatic nitrogens is 1. The van der Waals surface area contributed by atoms with E-state index in [0.717, 1.165) is 13.1 Å². The molecule has 0 saturated carbocycles. The Bertz CT molecular complexity index is 524. The van der Waals surface area contributed by atoms with Crippen molar-refractivity contribution in [1.29, 1.82) is 0 Å². The number of rotatable bonds is 6. The summed E-state index contributed by atoms with van der Waals surface area (Å²) in [4.78, 5) is 6.14. The lowest BCUT2D eigenvalue weighted by Gasteiger charge is -2.20. The van der Waals surface area contributed by atoms with Crippen LogP contribution in [-0.4, -0.2) is 49.1 Å². The standard InChI is InChI=1S/C13H21N3O3S/c1-11(9-16-6-2-3-7-16)15-20(18,19)13-5-4-12(10-17)8-14-13/h4-5,8,11,15,17H,2-3,6-7,9-10H2,1H3. The first-order chi connectivity index (χ1) is 9.51. The van der Waals surface area contributed by atoms with Crippen LogP contribution in [0.4, 0.5) is 0 Å². The smallest absolute Gasteiger partial charge is 0.258 e. The summed E-state index contributed by atoms with van der Waals surface area (Å²) in [5.41, 5.74) is 0.592. The molecular weight excluding hydrogens is 278 g/mol. The zero-order valence-electron chi connectivity index (χ0n) is 11.6. The molecule has 1 aliphatic rings. The molecule has 2 N–H and O–H groups in total. The number of hydrogen-bond acceptors (Lipinski definition) is 5. The average molecular weight is 299 g/mol. The molecule has 6 nitrogen and oxygen atoms in total. The van der Waals surface area contributed by atoms with Gasteiger partial charge in [0.1, 0.15) is 0 Å². The number of likely N-dealkylation sites (tertiary alicyclic amines) is 1. The van der Waals surface area contributed by atoms with Crippen LogP contribution >= 0.6 is 0 Å². The van der Waals surface area contributed by atoms with E-state index in [1.54, 1.807) is 6.07 Å². The van der Waals surface area contributed by atoms with Gasteiger partial charge in [0.2, 0.25) is 0 Å². The first-order valence-electron chi connectivity index (χ1n) is 6.82. The van der Waals surface area contributed by atoms with Crippen molar-refractivity contribution in [2.24, 2.45) is 0 Å². The van der Waals surface area contributed by atoms with Crippen LogP contribution in [0.2, 0.25) is 0 Å². The first-order valence-corrected chi connectivity index (χ1v) is 8.30. The van der Waals surface area contributed by atoms with E-state index in [1.807, 2.05) is 6.92 Å². The second-order valence-electron chi connectivity index (χ2n) is 5.19. The molecule has 7 heteroatoms. The molecule has 0 aromatic carbocycles. The van der Waals surface area contributed by atoms with Crippen molar-refractivity contribution in [3.05, 3.63) is 23.9 Å². The predicted octanol–water partition coefficient (Wildman–Crippen LogP) is 0.336. The van der Waals surface area contributed by atoms with E-state index in [9.17, 15) is 8.42 Å². The average Bonchev–Trinajstić information content (AvgIpc) is 2.91. The van der Waals surface area contributed by atoms with Crippen LogP contribution in [0.3, 0.4) is 0 Å². The van der Waals surface area contributed by atoms with Crippen LogP contribution in [0.1, 0.15) is 25.3 Å². The van der Waals surface area contributed by atoms with E-state index >= 15 is 0 Å². The molecule has 0 radical (unpaired) electrons. The van der Waals surface area contributed by atoms with Gasteiger partial charge in [0.05, 0.1) is 6.61 Å². The Morgan fingerprint density at radius 3 is 2.65 bits per heavy atom. The molecule has 112 valence electrons. The van der Waals surface area contributed by atoms with Crippen LogP contribution in [0, 0.1) is 0 Å². The second kappa shape index (κ2) is 6.62. The van der Waals surface area contributed by atoms with Gasteiger partial charge in [-0.25, -0.2) is 18.1 Å². The van der Waals surface area contributed by atoms with Crippen LogP contribution in [0.25, 0.3) is 0 Å². The Labute approximate surface area is 119 Å². The number of aliphatic hydroxyl groups excluding tert-OH is 1. The predicted molar refractivity (Wildman–Crippen MR) is 75.6 cm³/mol. The van der Waals surface area contributed by atoms with Gasteiger partial charge in [-0.1, -0.05) is 6.07 Å². The second-order valence-corrected chi connectivity index (χ2v) is 6.85. The van der Waals surface area contributed by atoms with Crippen molar-refractivity contribution in [1.82, 2.24) is 14.6 Å². The van der Waals surface area contributed by atoms with E-state index in [2.05, 4.69) is 14.6 Å². The Morgan fingerprint density at radius 1 is 1.40 bits per heavy atom. The Morgan fingerprint density at radius 2 is 2.10 bits per heavy atom. The molecule has 0 spiro atoms. The normalized spacial score (nSPS) is 18.3. The van der Waals surface area contributed by atoms with Crippen LogP contribution < -0.4 is 4.72 Å². The van der Waals surface area contributed by atoms with Crippen molar-refractivity contribution in [2.75, 3.05) is 19.6 Å². The van der Waals surface area contributed by atoms with E-state index in [4.69, 9.17) is 5.11 Å². The highest BCUT2D eigenvalue weighted by Crippen LogP contribution is 2.10. The summed E-state index contributed by atoms with van der Waals surface area (Å²) in [6, 6.07) is 2.82. The lowest BCUT2D eigenvalue weighted by molar-refractivity contribution is 0.281. The van der Waals surface area contributed by atoms with Gasteiger partial charge in [-0.15, -0.1) is 0 Å². The van der Waals surface area contributed by atoms with E-state index < -0.39 is 10.0 Å². The van der Waals surface area contributed by atoms with Crippen LogP contribution in [-0.2, 0) is 16.6 Å². The SMILES string of the molecule is CC(CN1CCCC1)NS(=O)(=O)c1ccc(CO)cn1.